The molecule has 2 fully saturated rings. The number of hydrogen-bond donors (Lipinski definition) is 0. The van der Waals surface area contributed by atoms with E-state index in [9.17, 15) is 18.0 Å². The molecule has 2 saturated carbocycles. The van der Waals surface area contributed by atoms with Gasteiger partial charge in [-0.05, 0) is 68.0 Å². The van der Waals surface area contributed by atoms with Crippen LogP contribution in [0.1, 0.15) is 39.5 Å². The van der Waals surface area contributed by atoms with Gasteiger partial charge >= 0.3 is 0 Å². The highest BCUT2D eigenvalue weighted by atomic mass is 32.2. The van der Waals surface area contributed by atoms with Gasteiger partial charge in [-0.3, -0.25) is 9.59 Å². The minimum absolute atomic E-state index is 0.0578. The third-order valence-electron chi connectivity index (χ3n) is 6.40. The lowest BCUT2D eigenvalue weighted by atomic mass is 10.00. The van der Waals surface area contributed by atoms with Gasteiger partial charge in [0, 0.05) is 19.4 Å². The molecule has 3 aliphatic rings. The van der Waals surface area contributed by atoms with Gasteiger partial charge in [0.25, 0.3) is 0 Å². The fourth-order valence-electron chi connectivity index (χ4n) is 4.47. The van der Waals surface area contributed by atoms with Crippen LogP contribution in [0.4, 0.5) is 11.4 Å². The first-order valence-electron chi connectivity index (χ1n) is 10.9. The summed E-state index contributed by atoms with van der Waals surface area (Å²) in [5.74, 6) is 0.121. The lowest BCUT2D eigenvalue weighted by Crippen LogP contribution is -2.51. The molecule has 0 spiro atoms. The van der Waals surface area contributed by atoms with Gasteiger partial charge in [0.2, 0.25) is 11.8 Å². The van der Waals surface area contributed by atoms with E-state index in [4.69, 9.17) is 0 Å². The number of nitrogens with zero attached hydrogens (tertiary/aromatic N) is 2. The molecular weight excluding hydrogens is 412 g/mol. The van der Waals surface area contributed by atoms with Gasteiger partial charge in [-0.25, -0.2) is 8.42 Å². The number of amides is 2. The third-order valence-corrected chi connectivity index (χ3v) is 8.66. The number of anilines is 2. The molecule has 0 bridgehead atoms. The van der Waals surface area contributed by atoms with Crippen molar-refractivity contribution in [3.8, 4) is 11.1 Å². The molecule has 6 nitrogen and oxygen atoms in total. The van der Waals surface area contributed by atoms with Gasteiger partial charge < -0.3 is 9.80 Å². The summed E-state index contributed by atoms with van der Waals surface area (Å²) in [6.45, 7) is 3.96. The van der Waals surface area contributed by atoms with Crippen LogP contribution in [0, 0.1) is 5.92 Å². The first-order valence-corrected chi connectivity index (χ1v) is 12.4. The van der Waals surface area contributed by atoms with E-state index < -0.39 is 9.84 Å². The molecule has 2 aliphatic carbocycles. The lowest BCUT2D eigenvalue weighted by molar-refractivity contribution is -0.120. The smallest absolute Gasteiger partial charge is 0.230 e. The molecule has 0 N–H and O–H groups in total. The molecule has 7 heteroatoms. The normalized spacial score (nSPS) is 21.0. The Bertz CT molecular complexity index is 1180. The van der Waals surface area contributed by atoms with Gasteiger partial charge in [0.15, 0.2) is 9.84 Å². The van der Waals surface area contributed by atoms with Crippen LogP contribution >= 0.6 is 0 Å². The summed E-state index contributed by atoms with van der Waals surface area (Å²) in [6, 6.07) is 12.6. The van der Waals surface area contributed by atoms with Crippen LogP contribution < -0.4 is 9.80 Å². The largest absolute Gasteiger partial charge is 0.308 e. The van der Waals surface area contributed by atoms with Crippen molar-refractivity contribution >= 4 is 33.0 Å². The van der Waals surface area contributed by atoms with Crippen molar-refractivity contribution in [2.45, 2.75) is 55.7 Å². The number of benzene rings is 2. The average molecular weight is 439 g/mol. The molecule has 0 saturated heterocycles. The molecule has 2 aromatic rings. The maximum Gasteiger partial charge on any atom is 0.230 e. The first kappa shape index (κ1) is 20.2. The van der Waals surface area contributed by atoms with Gasteiger partial charge in [-0.1, -0.05) is 18.2 Å². The van der Waals surface area contributed by atoms with E-state index in [0.717, 1.165) is 48.2 Å². The van der Waals surface area contributed by atoms with Gasteiger partial charge in [0.05, 0.1) is 27.6 Å². The highest BCUT2D eigenvalue weighted by molar-refractivity contribution is 7.92. The van der Waals surface area contributed by atoms with Crippen molar-refractivity contribution in [1.82, 2.24) is 0 Å². The number of fused-ring (bicyclic) bond motifs is 1. The number of rotatable bonds is 4. The molecule has 1 aliphatic heterocycles. The Labute approximate surface area is 182 Å². The second-order valence-corrected chi connectivity index (χ2v) is 11.2. The van der Waals surface area contributed by atoms with E-state index in [2.05, 4.69) is 0 Å². The standard InChI is InChI=1S/C24H26N2O4S/c1-15-14-25(24(28)17-6-7-17)23-13-19(8-11-22(23)26(15)16(2)27)18-4-3-5-21(12-18)31(29,30)20-9-10-20/h3-5,8,11-13,15,17,20H,6-7,9-10,14H2,1-2H3/t15-/m0/s1. The maximum atomic E-state index is 13.0. The zero-order valence-corrected chi connectivity index (χ0v) is 18.6. The Morgan fingerprint density at radius 2 is 1.65 bits per heavy atom. The van der Waals surface area contributed by atoms with Crippen LogP contribution in [0.15, 0.2) is 47.4 Å². The van der Waals surface area contributed by atoms with Crippen molar-refractivity contribution in [2.24, 2.45) is 5.92 Å². The zero-order valence-electron chi connectivity index (χ0n) is 17.7. The van der Waals surface area contributed by atoms with Crippen molar-refractivity contribution in [3.63, 3.8) is 0 Å². The van der Waals surface area contributed by atoms with Gasteiger partial charge in [-0.2, -0.15) is 0 Å². The minimum Gasteiger partial charge on any atom is -0.308 e. The third kappa shape index (κ3) is 3.55. The van der Waals surface area contributed by atoms with Crippen LogP contribution in [0.5, 0.6) is 0 Å². The molecule has 2 amide bonds. The van der Waals surface area contributed by atoms with E-state index in [0.29, 0.717) is 11.4 Å². The lowest BCUT2D eigenvalue weighted by Gasteiger charge is -2.41. The molecule has 0 unspecified atom stereocenters. The molecular formula is C24H26N2O4S. The predicted octanol–water partition coefficient (Wildman–Crippen LogP) is 3.79. The first-order chi connectivity index (χ1) is 14.8. The van der Waals surface area contributed by atoms with Crippen molar-refractivity contribution in [1.29, 1.82) is 0 Å². The molecule has 0 aromatic heterocycles. The minimum atomic E-state index is -3.29. The Morgan fingerprint density at radius 1 is 0.935 bits per heavy atom. The van der Waals surface area contributed by atoms with Crippen molar-refractivity contribution < 1.29 is 18.0 Å². The summed E-state index contributed by atoms with van der Waals surface area (Å²) < 4.78 is 25.4. The summed E-state index contributed by atoms with van der Waals surface area (Å²) in [5, 5.41) is -0.261. The topological polar surface area (TPSA) is 74.8 Å². The molecule has 5 rings (SSSR count). The second-order valence-electron chi connectivity index (χ2n) is 8.94. The SMILES string of the molecule is CC(=O)N1c2ccc(-c3cccc(S(=O)(=O)C4CC4)c3)cc2N(C(=O)C2CC2)C[C@@H]1C. The summed E-state index contributed by atoms with van der Waals surface area (Å²) in [5.41, 5.74) is 3.07. The number of sulfone groups is 1. The van der Waals surface area contributed by atoms with E-state index in [-0.39, 0.29) is 29.0 Å². The molecule has 162 valence electrons. The van der Waals surface area contributed by atoms with E-state index in [1.165, 1.54) is 0 Å². The van der Waals surface area contributed by atoms with Crippen LogP contribution in [0.3, 0.4) is 0 Å². The number of carbonyl (C=O) groups excluding carboxylic acids is 2. The Balaban J connectivity index is 1.59. The van der Waals surface area contributed by atoms with Crippen LogP contribution in [-0.4, -0.2) is 38.1 Å². The Kier molecular flexibility index (Phi) is 4.70. The highest BCUT2D eigenvalue weighted by Crippen LogP contribution is 2.42. The van der Waals surface area contributed by atoms with Crippen LogP contribution in [0.2, 0.25) is 0 Å². The van der Waals surface area contributed by atoms with E-state index >= 15 is 0 Å². The van der Waals surface area contributed by atoms with Crippen LogP contribution in [-0.2, 0) is 19.4 Å². The summed E-state index contributed by atoms with van der Waals surface area (Å²) >= 11 is 0. The maximum absolute atomic E-state index is 13.0. The van der Waals surface area contributed by atoms with Crippen molar-refractivity contribution in [3.05, 3.63) is 42.5 Å². The van der Waals surface area contributed by atoms with Crippen LogP contribution in [0.25, 0.3) is 11.1 Å². The second kappa shape index (κ2) is 7.19. The van der Waals surface area contributed by atoms with Gasteiger partial charge in [-0.15, -0.1) is 0 Å². The molecule has 31 heavy (non-hydrogen) atoms. The molecule has 2 aromatic carbocycles. The van der Waals surface area contributed by atoms with Gasteiger partial charge in [0.1, 0.15) is 0 Å². The van der Waals surface area contributed by atoms with Crippen molar-refractivity contribution in [2.75, 3.05) is 16.3 Å². The van der Waals surface area contributed by atoms with E-state index in [1.807, 2.05) is 36.1 Å². The summed E-state index contributed by atoms with van der Waals surface area (Å²) in [6.07, 6.45) is 3.28. The summed E-state index contributed by atoms with van der Waals surface area (Å²) in [7, 11) is -3.29. The molecule has 1 atom stereocenters. The Hall–Kier alpha value is -2.67. The summed E-state index contributed by atoms with van der Waals surface area (Å²) in [4.78, 5) is 29.2. The Morgan fingerprint density at radius 3 is 2.29 bits per heavy atom. The highest BCUT2D eigenvalue weighted by Gasteiger charge is 2.40. The van der Waals surface area contributed by atoms with E-state index in [1.54, 1.807) is 30.0 Å². The monoisotopic (exact) mass is 438 g/mol. The predicted molar refractivity (Wildman–Crippen MR) is 120 cm³/mol. The zero-order chi connectivity index (χ0) is 21.9. The number of carbonyl (C=O) groups is 2. The molecule has 0 radical (unpaired) electrons. The number of hydrogen-bond acceptors (Lipinski definition) is 4. The fourth-order valence-corrected chi connectivity index (χ4v) is 6.17. The fraction of sp³-hybridized carbons (Fsp3) is 0.417. The quantitative estimate of drug-likeness (QED) is 0.728. The molecule has 1 heterocycles. The average Bonchev–Trinajstić information content (AvgIpc) is 3.64.